The highest BCUT2D eigenvalue weighted by atomic mass is 19.4. The lowest BCUT2D eigenvalue weighted by Crippen LogP contribution is -2.41. The van der Waals surface area contributed by atoms with Crippen molar-refractivity contribution >= 4 is 5.96 Å². The van der Waals surface area contributed by atoms with Crippen LogP contribution in [-0.2, 0) is 11.3 Å². The number of ether oxygens (including phenoxy) is 1. The van der Waals surface area contributed by atoms with Gasteiger partial charge in [0.15, 0.2) is 5.96 Å². The summed E-state index contributed by atoms with van der Waals surface area (Å²) in [6, 6.07) is 9.86. The Labute approximate surface area is 135 Å². The second-order valence-corrected chi connectivity index (χ2v) is 5.35. The van der Waals surface area contributed by atoms with E-state index in [0.29, 0.717) is 25.7 Å². The first kappa shape index (κ1) is 19.3. The van der Waals surface area contributed by atoms with Crippen LogP contribution in [0.1, 0.15) is 18.9 Å². The molecule has 0 fully saturated rings. The van der Waals surface area contributed by atoms with Gasteiger partial charge in [0.05, 0.1) is 19.6 Å². The highest BCUT2D eigenvalue weighted by Crippen LogP contribution is 2.18. The van der Waals surface area contributed by atoms with Crippen LogP contribution in [0.4, 0.5) is 13.2 Å². The van der Waals surface area contributed by atoms with Gasteiger partial charge >= 0.3 is 6.18 Å². The van der Waals surface area contributed by atoms with Crippen molar-refractivity contribution in [1.82, 2.24) is 10.6 Å². The van der Waals surface area contributed by atoms with E-state index in [2.05, 4.69) is 15.6 Å². The molecule has 0 bridgehead atoms. The van der Waals surface area contributed by atoms with Gasteiger partial charge in [-0.1, -0.05) is 37.3 Å². The molecule has 0 aliphatic rings. The number of aliphatic imine (C=N–C) groups is 1. The number of hydrogen-bond acceptors (Lipinski definition) is 2. The van der Waals surface area contributed by atoms with E-state index in [1.54, 1.807) is 0 Å². The Hall–Kier alpha value is -1.76. The first-order chi connectivity index (χ1) is 10.9. The fourth-order valence-electron chi connectivity index (χ4n) is 1.83. The van der Waals surface area contributed by atoms with Gasteiger partial charge < -0.3 is 15.4 Å². The van der Waals surface area contributed by atoms with Crippen LogP contribution in [0.25, 0.3) is 0 Å². The highest BCUT2D eigenvalue weighted by molar-refractivity contribution is 5.79. The third-order valence-corrected chi connectivity index (χ3v) is 3.06. The summed E-state index contributed by atoms with van der Waals surface area (Å²) in [5, 5.41) is 5.64. The molecule has 0 amide bonds. The van der Waals surface area contributed by atoms with E-state index in [1.807, 2.05) is 37.3 Å². The molecule has 0 saturated heterocycles. The Morgan fingerprint density at radius 1 is 1.22 bits per heavy atom. The lowest BCUT2D eigenvalue weighted by Gasteiger charge is -2.16. The Bertz CT molecular complexity index is 463. The van der Waals surface area contributed by atoms with Crippen molar-refractivity contribution in [2.24, 2.45) is 10.9 Å². The van der Waals surface area contributed by atoms with Crippen molar-refractivity contribution in [3.05, 3.63) is 35.9 Å². The van der Waals surface area contributed by atoms with Crippen LogP contribution in [-0.4, -0.2) is 38.9 Å². The van der Waals surface area contributed by atoms with Crippen LogP contribution in [0.2, 0.25) is 0 Å². The average Bonchev–Trinajstić information content (AvgIpc) is 2.50. The van der Waals surface area contributed by atoms with Gasteiger partial charge in [0.1, 0.15) is 0 Å². The maximum absolute atomic E-state index is 12.1. The van der Waals surface area contributed by atoms with Crippen molar-refractivity contribution in [3.63, 3.8) is 0 Å². The third-order valence-electron chi connectivity index (χ3n) is 3.06. The molecule has 1 rings (SSSR count). The van der Waals surface area contributed by atoms with Gasteiger partial charge in [0.25, 0.3) is 0 Å². The van der Waals surface area contributed by atoms with Crippen molar-refractivity contribution in [1.29, 1.82) is 0 Å². The summed E-state index contributed by atoms with van der Waals surface area (Å²) in [5.41, 5.74) is 1.11. The molecule has 2 N–H and O–H groups in total. The van der Waals surface area contributed by atoms with E-state index in [-0.39, 0.29) is 12.5 Å². The molecule has 130 valence electrons. The zero-order chi connectivity index (χ0) is 17.1. The molecule has 0 aromatic heterocycles. The minimum atomic E-state index is -4.16. The zero-order valence-corrected chi connectivity index (χ0v) is 13.5. The largest absolute Gasteiger partial charge is 0.390 e. The Morgan fingerprint density at radius 2 is 1.91 bits per heavy atom. The first-order valence-electron chi connectivity index (χ1n) is 7.53. The maximum Gasteiger partial charge on any atom is 0.390 e. The number of rotatable bonds is 8. The number of halogens is 3. The molecule has 23 heavy (non-hydrogen) atoms. The molecular formula is C16H24F3N3O. The molecule has 1 unspecified atom stereocenters. The lowest BCUT2D eigenvalue weighted by atomic mass is 10.2. The van der Waals surface area contributed by atoms with Gasteiger partial charge in [-0.05, 0) is 11.5 Å². The van der Waals surface area contributed by atoms with Crippen LogP contribution < -0.4 is 10.6 Å². The smallest absolute Gasteiger partial charge is 0.376 e. The second kappa shape index (κ2) is 10.1. The molecule has 7 heteroatoms. The van der Waals surface area contributed by atoms with E-state index < -0.39 is 12.6 Å². The minimum Gasteiger partial charge on any atom is -0.376 e. The maximum atomic E-state index is 12.1. The molecule has 0 radical (unpaired) electrons. The summed E-state index contributed by atoms with van der Waals surface area (Å²) in [4.78, 5) is 3.89. The van der Waals surface area contributed by atoms with E-state index in [4.69, 9.17) is 4.74 Å². The molecule has 0 aliphatic carbocycles. The van der Waals surface area contributed by atoms with Crippen molar-refractivity contribution in [2.75, 3.05) is 26.7 Å². The fraction of sp³-hybridized carbons (Fsp3) is 0.562. The topological polar surface area (TPSA) is 45.7 Å². The SMILES string of the molecule is CN=C(NCCC(F)(F)F)NCC(C)COCc1ccccc1. The molecule has 4 nitrogen and oxygen atoms in total. The molecule has 1 aromatic carbocycles. The Morgan fingerprint density at radius 3 is 2.52 bits per heavy atom. The normalized spacial score (nSPS) is 13.7. The molecular weight excluding hydrogens is 307 g/mol. The Kier molecular flexibility index (Phi) is 8.47. The highest BCUT2D eigenvalue weighted by Gasteiger charge is 2.26. The van der Waals surface area contributed by atoms with Gasteiger partial charge in [-0.15, -0.1) is 0 Å². The quantitative estimate of drug-likeness (QED) is 0.569. The van der Waals surface area contributed by atoms with Crippen LogP contribution in [0.3, 0.4) is 0 Å². The Balaban J connectivity index is 2.16. The van der Waals surface area contributed by atoms with Crippen molar-refractivity contribution in [3.8, 4) is 0 Å². The van der Waals surface area contributed by atoms with E-state index in [0.717, 1.165) is 5.56 Å². The summed E-state index contributed by atoms with van der Waals surface area (Å²) >= 11 is 0. The van der Waals surface area contributed by atoms with Crippen molar-refractivity contribution in [2.45, 2.75) is 26.1 Å². The third kappa shape index (κ3) is 9.78. The first-order valence-corrected chi connectivity index (χ1v) is 7.53. The number of benzene rings is 1. The average molecular weight is 331 g/mol. The molecule has 1 aromatic rings. The predicted molar refractivity (Wildman–Crippen MR) is 85.3 cm³/mol. The summed E-state index contributed by atoms with van der Waals surface area (Å²) in [7, 11) is 1.53. The lowest BCUT2D eigenvalue weighted by molar-refractivity contribution is -0.132. The van der Waals surface area contributed by atoms with Crippen LogP contribution >= 0.6 is 0 Å². The van der Waals surface area contributed by atoms with E-state index in [9.17, 15) is 13.2 Å². The van der Waals surface area contributed by atoms with E-state index >= 15 is 0 Å². The molecule has 0 heterocycles. The number of hydrogen-bond donors (Lipinski definition) is 2. The number of guanidine groups is 1. The monoisotopic (exact) mass is 331 g/mol. The number of nitrogens with one attached hydrogen (secondary N) is 2. The summed E-state index contributed by atoms with van der Waals surface area (Å²) in [6.07, 6.45) is -5.05. The molecule has 1 atom stereocenters. The molecule has 0 aliphatic heterocycles. The summed E-state index contributed by atoms with van der Waals surface area (Å²) < 4.78 is 41.9. The van der Waals surface area contributed by atoms with Gasteiger partial charge in [-0.25, -0.2) is 0 Å². The van der Waals surface area contributed by atoms with Gasteiger partial charge in [-0.2, -0.15) is 13.2 Å². The van der Waals surface area contributed by atoms with Gasteiger partial charge in [0.2, 0.25) is 0 Å². The van der Waals surface area contributed by atoms with Gasteiger partial charge in [-0.3, -0.25) is 4.99 Å². The fourth-order valence-corrected chi connectivity index (χ4v) is 1.83. The minimum absolute atomic E-state index is 0.192. The zero-order valence-electron chi connectivity index (χ0n) is 13.5. The summed E-state index contributed by atoms with van der Waals surface area (Å²) in [6.45, 7) is 3.48. The van der Waals surface area contributed by atoms with Crippen LogP contribution in [0, 0.1) is 5.92 Å². The van der Waals surface area contributed by atoms with E-state index in [1.165, 1.54) is 7.05 Å². The number of nitrogens with zero attached hydrogens (tertiary/aromatic N) is 1. The van der Waals surface area contributed by atoms with Gasteiger partial charge in [0, 0.05) is 20.1 Å². The van der Waals surface area contributed by atoms with Crippen molar-refractivity contribution < 1.29 is 17.9 Å². The molecule has 0 saturated carbocycles. The molecule has 0 spiro atoms. The van der Waals surface area contributed by atoms with Crippen LogP contribution in [0.15, 0.2) is 35.3 Å². The summed E-state index contributed by atoms with van der Waals surface area (Å²) in [5.74, 6) is 0.573. The predicted octanol–water partition coefficient (Wildman–Crippen LogP) is 2.96. The second-order valence-electron chi connectivity index (χ2n) is 5.35. The number of alkyl halides is 3. The van der Waals surface area contributed by atoms with Crippen LogP contribution in [0.5, 0.6) is 0 Å². The standard InChI is InChI=1S/C16H24F3N3O/c1-13(11-23-12-14-6-4-3-5-7-14)10-22-15(20-2)21-9-8-16(17,18)19/h3-7,13H,8-12H2,1-2H3,(H2,20,21,22).